The van der Waals surface area contributed by atoms with Crippen molar-refractivity contribution < 1.29 is 32.4 Å². The Bertz CT molecular complexity index is 2530. The fourth-order valence-corrected chi connectivity index (χ4v) is 16.1. The zero-order chi connectivity index (χ0) is 49.3. The molecule has 6 aromatic rings. The second kappa shape index (κ2) is 23.1. The van der Waals surface area contributed by atoms with Gasteiger partial charge < -0.3 is 38.2 Å². The number of nitrogens with two attached hydrogens (primary N) is 1. The van der Waals surface area contributed by atoms with Crippen LogP contribution in [0.1, 0.15) is 96.7 Å². The summed E-state index contributed by atoms with van der Waals surface area (Å²) < 4.78 is 50.6. The van der Waals surface area contributed by atoms with Crippen molar-refractivity contribution in [3.63, 3.8) is 0 Å². The molecule has 69 heavy (non-hydrogen) atoms. The number of rotatable bonds is 23. The number of imidazole rings is 1. The van der Waals surface area contributed by atoms with E-state index in [0.717, 1.165) is 33.8 Å². The van der Waals surface area contributed by atoms with Crippen LogP contribution in [-0.2, 0) is 35.2 Å². The van der Waals surface area contributed by atoms with Crippen molar-refractivity contribution in [2.45, 2.75) is 122 Å². The maximum absolute atomic E-state index is 9.22. The van der Waals surface area contributed by atoms with E-state index in [4.69, 9.17) is 38.2 Å². The molecule has 7 rings (SSSR count). The Morgan fingerprint density at radius 2 is 1.39 bits per heavy atom. The molecule has 1 aliphatic heterocycles. The Morgan fingerprint density at radius 1 is 0.797 bits per heavy atom. The minimum Gasteiger partial charge on any atom is -0.497 e. The van der Waals surface area contributed by atoms with Crippen LogP contribution in [0.15, 0.2) is 116 Å². The molecule has 0 bridgehead atoms. The van der Waals surface area contributed by atoms with Crippen molar-refractivity contribution in [3.05, 3.63) is 138 Å². The number of nitriles is 1. The fourth-order valence-electron chi connectivity index (χ4n) is 9.74. The van der Waals surface area contributed by atoms with Gasteiger partial charge in [0.05, 0.1) is 59.0 Å². The average molecular weight is 974 g/mol. The summed E-state index contributed by atoms with van der Waals surface area (Å²) in [4.78, 5) is 13.4. The molecule has 16 heteroatoms. The molecular weight excluding hydrogens is 906 g/mol. The van der Waals surface area contributed by atoms with E-state index >= 15 is 0 Å². The first-order valence-electron chi connectivity index (χ1n) is 23.8. The number of anilines is 1. The lowest BCUT2D eigenvalue weighted by Gasteiger charge is -2.42. The molecule has 0 spiro atoms. The molecule has 14 nitrogen and oxygen atoms in total. The summed E-state index contributed by atoms with van der Waals surface area (Å²) in [5, 5.41) is 10.4. The lowest BCUT2D eigenvalue weighted by atomic mass is 9.80. The van der Waals surface area contributed by atoms with E-state index in [1.54, 1.807) is 20.5 Å². The van der Waals surface area contributed by atoms with Crippen LogP contribution in [0.2, 0.25) is 11.1 Å². The van der Waals surface area contributed by atoms with Crippen molar-refractivity contribution in [2.24, 2.45) is 0 Å². The smallest absolute Gasteiger partial charge is 0.259 e. The van der Waals surface area contributed by atoms with Gasteiger partial charge in [-0.2, -0.15) is 5.26 Å². The number of methoxy groups -OCH3 is 2. The van der Waals surface area contributed by atoms with Crippen LogP contribution in [0.5, 0.6) is 11.5 Å². The largest absolute Gasteiger partial charge is 0.497 e. The normalized spacial score (nSPS) is 17.1. The van der Waals surface area contributed by atoms with Crippen LogP contribution in [0.3, 0.4) is 0 Å². The molecule has 0 aliphatic carbocycles. The Morgan fingerprint density at radius 3 is 1.94 bits per heavy atom. The Labute approximate surface area is 410 Å². The summed E-state index contributed by atoms with van der Waals surface area (Å²) in [7, 11) is -0.929. The summed E-state index contributed by atoms with van der Waals surface area (Å²) in [6.45, 7) is 18.5. The number of nitrogen functional groups attached to an aromatic ring is 1. The molecule has 0 radical (unpaired) electrons. The topological polar surface area (TPSA) is 161 Å². The monoisotopic (exact) mass is 973 g/mol. The highest BCUT2D eigenvalue weighted by Gasteiger charge is 2.51. The number of hydrogen-bond acceptors (Lipinski definition) is 13. The third-order valence-corrected chi connectivity index (χ3v) is 20.4. The Hall–Kier alpha value is -5.27. The minimum absolute atomic E-state index is 0.165. The zero-order valence-corrected chi connectivity index (χ0v) is 43.5. The van der Waals surface area contributed by atoms with Gasteiger partial charge in [0.15, 0.2) is 11.5 Å². The summed E-state index contributed by atoms with van der Waals surface area (Å²) in [5.41, 5.74) is 10.5. The van der Waals surface area contributed by atoms with Crippen LogP contribution in [0.4, 0.5) is 5.82 Å². The quantitative estimate of drug-likeness (QED) is 0.0280. The number of benzene rings is 4. The number of fused-ring (bicyclic) bond motifs is 1. The van der Waals surface area contributed by atoms with Crippen molar-refractivity contribution in [3.8, 4) is 17.6 Å². The Balaban J connectivity index is 1.26. The predicted octanol–water partition coefficient (Wildman–Crippen LogP) is 10.6. The first-order valence-corrected chi connectivity index (χ1v) is 27.0. The third-order valence-electron chi connectivity index (χ3n) is 13.0. The number of aromatic nitrogens is 4. The molecule has 0 amide bonds. The van der Waals surface area contributed by atoms with Gasteiger partial charge >= 0.3 is 0 Å². The second-order valence-corrected chi connectivity index (χ2v) is 24.7. The maximum Gasteiger partial charge on any atom is 0.259 e. The summed E-state index contributed by atoms with van der Waals surface area (Å²) in [5.74, 6) is 1.78. The Kier molecular flexibility index (Phi) is 17.3. The van der Waals surface area contributed by atoms with Gasteiger partial charge in [-0.15, -0.1) is 0 Å². The van der Waals surface area contributed by atoms with Crippen molar-refractivity contribution in [1.82, 2.24) is 24.2 Å². The SMILES string of the molecule is COc1ccc(C(OC[C@H]2O[C@@H](n3cnc4c(N)ncnc43)C[C@@H]2O[Si](c2ccc(COP(OCCC#N)N(C(C)C)C(C)C)cc2)(C(C)C)C(C)C)(c2ccccc2)c2ccc(OC)cc2)cc1. The highest BCUT2D eigenvalue weighted by molar-refractivity contribution is 7.44. The van der Waals surface area contributed by atoms with E-state index < -0.39 is 40.9 Å². The van der Waals surface area contributed by atoms with Crippen LogP contribution < -0.4 is 20.4 Å². The van der Waals surface area contributed by atoms with Gasteiger partial charge in [-0.1, -0.05) is 107 Å². The van der Waals surface area contributed by atoms with Crippen molar-refractivity contribution >= 4 is 39.0 Å². The average Bonchev–Trinajstić information content (AvgIpc) is 3.97. The molecule has 366 valence electrons. The standard InChI is InChI=1S/C53H68N7O7PSi/c1-36(2)60(37(3)4)68(64-30-14-29-54)65-32-40-17-27-46(28-18-40)69(38(5)6,39(7)8)67-47-31-49(59-35-58-50-51(55)56-34-57-52(50)59)66-48(47)33-63-53(41-15-12-11-13-16-41,42-19-23-44(61-9)24-20-42)43-21-25-45(62-10)26-22-43/h11-13,15-28,34-39,47-49H,14,30-33H2,1-10H3,(H2,55,56,57)/t47-,48+,49+,68?/m0/s1. The van der Waals surface area contributed by atoms with Gasteiger partial charge in [-0.3, -0.25) is 4.57 Å². The molecule has 1 aliphatic rings. The zero-order valence-electron chi connectivity index (χ0n) is 41.6. The molecule has 2 aromatic heterocycles. The minimum atomic E-state index is -2.87. The fraction of sp³-hybridized carbons (Fsp3) is 0.434. The highest BCUT2D eigenvalue weighted by Crippen LogP contribution is 2.48. The second-order valence-electron chi connectivity index (χ2n) is 18.5. The summed E-state index contributed by atoms with van der Waals surface area (Å²) in [6, 6.07) is 37.7. The third kappa shape index (κ3) is 11.0. The van der Waals surface area contributed by atoms with Gasteiger partial charge in [-0.25, -0.2) is 19.6 Å². The van der Waals surface area contributed by atoms with E-state index in [2.05, 4.69) is 142 Å². The number of hydrogen-bond donors (Lipinski definition) is 1. The van der Waals surface area contributed by atoms with Gasteiger partial charge in [0.2, 0.25) is 8.32 Å². The van der Waals surface area contributed by atoms with E-state index in [0.29, 0.717) is 43.0 Å². The van der Waals surface area contributed by atoms with E-state index in [-0.39, 0.29) is 29.8 Å². The molecule has 1 unspecified atom stereocenters. The lowest BCUT2D eigenvalue weighted by molar-refractivity contribution is -0.0913. The van der Waals surface area contributed by atoms with Gasteiger partial charge in [0.25, 0.3) is 8.53 Å². The first kappa shape index (κ1) is 51.6. The molecule has 1 saturated heterocycles. The van der Waals surface area contributed by atoms with Gasteiger partial charge in [0.1, 0.15) is 41.3 Å². The van der Waals surface area contributed by atoms with Gasteiger partial charge in [-0.05, 0) is 90.5 Å². The molecule has 4 atom stereocenters. The van der Waals surface area contributed by atoms with Crippen molar-refractivity contribution in [1.29, 1.82) is 5.26 Å². The summed E-state index contributed by atoms with van der Waals surface area (Å²) >= 11 is 0. The lowest BCUT2D eigenvalue weighted by Crippen LogP contribution is -2.59. The molecule has 0 saturated carbocycles. The van der Waals surface area contributed by atoms with Crippen molar-refractivity contribution in [2.75, 3.05) is 33.2 Å². The molecule has 3 heterocycles. The molecule has 2 N–H and O–H groups in total. The van der Waals surface area contributed by atoms with Gasteiger partial charge in [0, 0.05) is 18.5 Å². The van der Waals surface area contributed by atoms with Crippen LogP contribution in [0.25, 0.3) is 11.2 Å². The van der Waals surface area contributed by atoms with Crippen LogP contribution >= 0.6 is 8.53 Å². The summed E-state index contributed by atoms with van der Waals surface area (Å²) in [6.07, 6.45) is 2.55. The van der Waals surface area contributed by atoms with E-state index in [1.807, 2.05) is 47.0 Å². The number of nitrogens with zero attached hydrogens (tertiary/aromatic N) is 6. The molecule has 4 aromatic carbocycles. The predicted molar refractivity (Wildman–Crippen MR) is 273 cm³/mol. The van der Waals surface area contributed by atoms with E-state index in [1.165, 1.54) is 11.5 Å². The molecular formula is C53H68N7O7PSi. The molecule has 1 fully saturated rings. The van der Waals surface area contributed by atoms with Crippen LogP contribution in [0, 0.1) is 11.3 Å². The van der Waals surface area contributed by atoms with Crippen LogP contribution in [-0.4, -0.2) is 84.2 Å². The van der Waals surface area contributed by atoms with E-state index in [9.17, 15) is 5.26 Å². The number of ether oxygens (including phenoxy) is 4. The first-order chi connectivity index (χ1) is 33.3. The highest BCUT2D eigenvalue weighted by atomic mass is 31.2. The maximum atomic E-state index is 9.22.